The highest BCUT2D eigenvalue weighted by molar-refractivity contribution is 6.30. The van der Waals surface area contributed by atoms with Crippen molar-refractivity contribution in [3.05, 3.63) is 59.3 Å². The first-order chi connectivity index (χ1) is 11.3. The second-order valence-corrected chi connectivity index (χ2v) is 6.53. The van der Waals surface area contributed by atoms with Crippen LogP contribution < -0.4 is 5.32 Å². The molecule has 3 aromatic heterocycles. The normalized spacial score (nSPS) is 11.5. The molecule has 3 rings (SSSR count). The quantitative estimate of drug-likeness (QED) is 0.757. The van der Waals surface area contributed by atoms with Crippen LogP contribution in [-0.2, 0) is 5.60 Å². The van der Waals surface area contributed by atoms with Gasteiger partial charge in [-0.1, -0.05) is 11.6 Å². The molecule has 6 nitrogen and oxygen atoms in total. The van der Waals surface area contributed by atoms with Gasteiger partial charge >= 0.3 is 0 Å². The van der Waals surface area contributed by atoms with Gasteiger partial charge in [-0.15, -0.1) is 0 Å². The largest absolute Gasteiger partial charge is 0.384 e. The van der Waals surface area contributed by atoms with Crippen LogP contribution in [0.3, 0.4) is 0 Å². The third-order valence-corrected chi connectivity index (χ3v) is 3.64. The van der Waals surface area contributed by atoms with Crippen molar-refractivity contribution >= 4 is 23.2 Å². The first-order valence-electron chi connectivity index (χ1n) is 7.46. The van der Waals surface area contributed by atoms with E-state index in [0.29, 0.717) is 28.2 Å². The second kappa shape index (κ2) is 6.22. The third kappa shape index (κ3) is 3.72. The van der Waals surface area contributed by atoms with Crippen LogP contribution in [0.5, 0.6) is 0 Å². The Kier molecular flexibility index (Phi) is 4.26. The van der Waals surface area contributed by atoms with Gasteiger partial charge in [0.2, 0.25) is 0 Å². The summed E-state index contributed by atoms with van der Waals surface area (Å²) in [5.41, 5.74) is 0.612. The zero-order chi connectivity index (χ0) is 17.3. The Morgan fingerprint density at radius 1 is 1.17 bits per heavy atom. The predicted octanol–water partition coefficient (Wildman–Crippen LogP) is 3.60. The first-order valence-corrected chi connectivity index (χ1v) is 7.83. The number of halogens is 1. The molecule has 7 heteroatoms. The summed E-state index contributed by atoms with van der Waals surface area (Å²) in [6, 6.07) is 7.30. The molecule has 0 aliphatic carbocycles. The number of hydrogen-bond acceptors (Lipinski definition) is 5. The number of aryl methyl sites for hydroxylation is 1. The molecule has 0 bridgehead atoms. The highest BCUT2D eigenvalue weighted by Crippen LogP contribution is 2.21. The van der Waals surface area contributed by atoms with E-state index in [0.717, 1.165) is 5.56 Å². The van der Waals surface area contributed by atoms with Crippen molar-refractivity contribution in [3.8, 4) is 5.82 Å². The minimum absolute atomic E-state index is 0.580. The summed E-state index contributed by atoms with van der Waals surface area (Å²) in [7, 11) is 0. The van der Waals surface area contributed by atoms with Gasteiger partial charge in [0, 0.05) is 17.4 Å². The van der Waals surface area contributed by atoms with E-state index in [9.17, 15) is 5.11 Å². The number of aliphatic hydroxyl groups is 1. The summed E-state index contributed by atoms with van der Waals surface area (Å²) >= 11 is 5.98. The summed E-state index contributed by atoms with van der Waals surface area (Å²) in [4.78, 5) is 13.0. The lowest BCUT2D eigenvalue weighted by Crippen LogP contribution is -2.15. The number of anilines is 2. The van der Waals surface area contributed by atoms with Crippen molar-refractivity contribution in [2.75, 3.05) is 5.32 Å². The number of nitrogens with one attached hydrogen (secondary N) is 1. The number of pyridine rings is 2. The molecule has 0 saturated carbocycles. The molecule has 24 heavy (non-hydrogen) atoms. The maximum atomic E-state index is 10.0. The summed E-state index contributed by atoms with van der Waals surface area (Å²) in [6.45, 7) is 5.37. The Labute approximate surface area is 145 Å². The summed E-state index contributed by atoms with van der Waals surface area (Å²) < 4.78 is 1.77. The predicted molar refractivity (Wildman–Crippen MR) is 93.9 cm³/mol. The van der Waals surface area contributed by atoms with Crippen molar-refractivity contribution in [2.24, 2.45) is 0 Å². The van der Waals surface area contributed by atoms with E-state index in [1.807, 2.05) is 19.1 Å². The Bertz CT molecular complexity index is 869. The average molecular weight is 344 g/mol. The fourth-order valence-corrected chi connectivity index (χ4v) is 2.37. The van der Waals surface area contributed by atoms with Crippen molar-refractivity contribution in [3.63, 3.8) is 0 Å². The molecule has 124 valence electrons. The number of hydrogen-bond donors (Lipinski definition) is 2. The highest BCUT2D eigenvalue weighted by atomic mass is 35.5. The number of rotatable bonds is 4. The minimum Gasteiger partial charge on any atom is -0.384 e. The Morgan fingerprint density at radius 3 is 2.62 bits per heavy atom. The van der Waals surface area contributed by atoms with E-state index in [1.165, 1.54) is 0 Å². The van der Waals surface area contributed by atoms with Gasteiger partial charge in [0.05, 0.1) is 5.69 Å². The van der Waals surface area contributed by atoms with Gasteiger partial charge < -0.3 is 10.4 Å². The van der Waals surface area contributed by atoms with Crippen LogP contribution in [0, 0.1) is 6.92 Å². The zero-order valence-electron chi connectivity index (χ0n) is 13.7. The average Bonchev–Trinajstić information content (AvgIpc) is 2.96. The van der Waals surface area contributed by atoms with Crippen LogP contribution in [-0.4, -0.2) is 24.6 Å². The smallest absolute Gasteiger partial charge is 0.140 e. The summed E-state index contributed by atoms with van der Waals surface area (Å²) in [5.74, 6) is 1.97. The fourth-order valence-electron chi connectivity index (χ4n) is 2.21. The Balaban J connectivity index is 1.93. The zero-order valence-corrected chi connectivity index (χ0v) is 14.4. The van der Waals surface area contributed by atoms with Gasteiger partial charge in [0.25, 0.3) is 0 Å². The van der Waals surface area contributed by atoms with Gasteiger partial charge in [-0.25, -0.2) is 15.0 Å². The van der Waals surface area contributed by atoms with E-state index < -0.39 is 5.60 Å². The fraction of sp³-hybridized carbons (Fsp3) is 0.235. The van der Waals surface area contributed by atoms with Gasteiger partial charge in [0.1, 0.15) is 29.4 Å². The number of imidazole rings is 1. The molecular weight excluding hydrogens is 326 g/mol. The van der Waals surface area contributed by atoms with Crippen molar-refractivity contribution in [1.82, 2.24) is 19.5 Å². The highest BCUT2D eigenvalue weighted by Gasteiger charge is 2.19. The van der Waals surface area contributed by atoms with Gasteiger partial charge in [0.15, 0.2) is 0 Å². The van der Waals surface area contributed by atoms with E-state index >= 15 is 0 Å². The molecular formula is C17H18ClN5O. The van der Waals surface area contributed by atoms with Crippen molar-refractivity contribution in [2.45, 2.75) is 26.4 Å². The number of nitrogens with zero attached hydrogens (tertiary/aromatic N) is 4. The standard InChI is InChI=1S/C17H18ClN5O/c1-11-6-15(21-14-8-12(18)4-5-19-14)22-16(7-11)23-9-13(20-10-23)17(2,3)24/h4-10,24H,1-3H3,(H,19,21,22). The molecule has 0 atom stereocenters. The van der Waals surface area contributed by atoms with Crippen LogP contribution in [0.4, 0.5) is 11.6 Å². The maximum absolute atomic E-state index is 10.0. The topological polar surface area (TPSA) is 75.9 Å². The first kappa shape index (κ1) is 16.4. The minimum atomic E-state index is -0.999. The van der Waals surface area contributed by atoms with Gasteiger partial charge in [-0.05, 0) is 50.6 Å². The second-order valence-electron chi connectivity index (χ2n) is 6.10. The molecule has 0 amide bonds. The monoisotopic (exact) mass is 343 g/mol. The van der Waals surface area contributed by atoms with Crippen LogP contribution in [0.25, 0.3) is 5.82 Å². The molecule has 0 aliphatic rings. The van der Waals surface area contributed by atoms with Crippen LogP contribution in [0.15, 0.2) is 43.0 Å². The molecule has 0 saturated heterocycles. The molecule has 0 unspecified atom stereocenters. The van der Waals surface area contributed by atoms with Crippen molar-refractivity contribution in [1.29, 1.82) is 0 Å². The van der Waals surface area contributed by atoms with E-state index in [2.05, 4.69) is 20.3 Å². The van der Waals surface area contributed by atoms with Crippen LogP contribution >= 0.6 is 11.6 Å². The lowest BCUT2D eigenvalue weighted by Gasteiger charge is -2.13. The lowest BCUT2D eigenvalue weighted by atomic mass is 10.1. The van der Waals surface area contributed by atoms with E-state index in [4.69, 9.17) is 11.6 Å². The molecule has 3 heterocycles. The molecule has 0 spiro atoms. The molecule has 3 aromatic rings. The molecule has 0 aliphatic heterocycles. The Morgan fingerprint density at radius 2 is 1.96 bits per heavy atom. The molecule has 2 N–H and O–H groups in total. The van der Waals surface area contributed by atoms with Gasteiger partial charge in [-0.2, -0.15) is 0 Å². The lowest BCUT2D eigenvalue weighted by molar-refractivity contribution is 0.0742. The number of aromatic nitrogens is 4. The third-order valence-electron chi connectivity index (χ3n) is 3.41. The van der Waals surface area contributed by atoms with E-state index in [1.54, 1.807) is 49.3 Å². The van der Waals surface area contributed by atoms with Crippen LogP contribution in [0.2, 0.25) is 5.02 Å². The molecule has 0 fully saturated rings. The van der Waals surface area contributed by atoms with E-state index in [-0.39, 0.29) is 0 Å². The summed E-state index contributed by atoms with van der Waals surface area (Å²) in [5, 5.41) is 13.8. The van der Waals surface area contributed by atoms with Crippen LogP contribution in [0.1, 0.15) is 25.1 Å². The Hall–Kier alpha value is -2.44. The van der Waals surface area contributed by atoms with Gasteiger partial charge in [-0.3, -0.25) is 4.57 Å². The summed E-state index contributed by atoms with van der Waals surface area (Å²) in [6.07, 6.45) is 5.03. The molecule has 0 aromatic carbocycles. The SMILES string of the molecule is Cc1cc(Nc2cc(Cl)ccn2)nc(-n2cnc(C(C)(C)O)c2)c1. The maximum Gasteiger partial charge on any atom is 0.140 e. The molecule has 0 radical (unpaired) electrons. The van der Waals surface area contributed by atoms with Crippen molar-refractivity contribution < 1.29 is 5.11 Å².